The molecule has 1 atom stereocenters. The first-order chi connectivity index (χ1) is 10.3. The summed E-state index contributed by atoms with van der Waals surface area (Å²) in [5.41, 5.74) is 0.956. The summed E-state index contributed by atoms with van der Waals surface area (Å²) in [5, 5.41) is 3.27. The van der Waals surface area contributed by atoms with Gasteiger partial charge in [0.2, 0.25) is 0 Å². The highest BCUT2D eigenvalue weighted by Gasteiger charge is 2.31. The molecule has 1 aromatic carbocycles. The second kappa shape index (κ2) is 6.18. The molecule has 5 heteroatoms. The number of nitrogens with zero attached hydrogens (tertiary/aromatic N) is 2. The van der Waals surface area contributed by atoms with Gasteiger partial charge >= 0.3 is 0 Å². The third kappa shape index (κ3) is 3.03. The number of carbonyl (C=O) groups is 1. The van der Waals surface area contributed by atoms with Gasteiger partial charge in [0.25, 0.3) is 5.91 Å². The molecule has 0 aliphatic carbocycles. The van der Waals surface area contributed by atoms with Crippen LogP contribution in [-0.2, 0) is 4.79 Å². The molecular formula is C16H21N3O2. The largest absolute Gasteiger partial charge is 0.477 e. The maximum absolute atomic E-state index is 12.5. The van der Waals surface area contributed by atoms with E-state index in [0.29, 0.717) is 6.54 Å². The number of ether oxygens (including phenoxy) is 1. The molecular weight excluding hydrogens is 266 g/mol. The van der Waals surface area contributed by atoms with Crippen LogP contribution in [0.15, 0.2) is 36.9 Å². The zero-order chi connectivity index (χ0) is 14.7. The number of anilines is 1. The van der Waals surface area contributed by atoms with Crippen LogP contribution in [0, 0.1) is 0 Å². The van der Waals surface area contributed by atoms with Crippen LogP contribution in [0.5, 0.6) is 5.75 Å². The highest BCUT2D eigenvalue weighted by atomic mass is 16.5. The van der Waals surface area contributed by atoms with Crippen molar-refractivity contribution in [2.45, 2.75) is 6.10 Å². The summed E-state index contributed by atoms with van der Waals surface area (Å²) in [6.07, 6.45) is 1.48. The number of hydrogen-bond acceptors (Lipinski definition) is 4. The fourth-order valence-electron chi connectivity index (χ4n) is 2.79. The van der Waals surface area contributed by atoms with Gasteiger partial charge in [-0.3, -0.25) is 9.69 Å². The van der Waals surface area contributed by atoms with E-state index in [1.54, 1.807) is 0 Å². The van der Waals surface area contributed by atoms with Crippen molar-refractivity contribution in [2.75, 3.05) is 44.6 Å². The van der Waals surface area contributed by atoms with E-state index in [1.165, 1.54) is 0 Å². The van der Waals surface area contributed by atoms with Gasteiger partial charge in [0, 0.05) is 32.7 Å². The van der Waals surface area contributed by atoms with Crippen molar-refractivity contribution in [3.63, 3.8) is 0 Å². The molecule has 2 aliphatic heterocycles. The minimum Gasteiger partial charge on any atom is -0.477 e. The normalized spacial score (nSPS) is 21.9. The van der Waals surface area contributed by atoms with Crippen LogP contribution in [0.25, 0.3) is 0 Å². The SMILES string of the molecule is C=CCN1CCN(C(=O)C2CNc3ccccc3O2)CC1. The Morgan fingerprint density at radius 2 is 2.10 bits per heavy atom. The number of carbonyl (C=O) groups excluding carboxylic acids is 1. The molecule has 112 valence electrons. The van der Waals surface area contributed by atoms with Crippen LogP contribution >= 0.6 is 0 Å². The Morgan fingerprint density at radius 1 is 1.33 bits per heavy atom. The zero-order valence-electron chi connectivity index (χ0n) is 12.1. The van der Waals surface area contributed by atoms with E-state index in [9.17, 15) is 4.79 Å². The van der Waals surface area contributed by atoms with E-state index in [2.05, 4.69) is 16.8 Å². The number of hydrogen-bond donors (Lipinski definition) is 1. The van der Waals surface area contributed by atoms with Crippen molar-refractivity contribution in [3.05, 3.63) is 36.9 Å². The molecule has 1 aromatic rings. The summed E-state index contributed by atoms with van der Waals surface area (Å²) in [4.78, 5) is 16.8. The van der Waals surface area contributed by atoms with E-state index in [0.717, 1.165) is 44.2 Å². The lowest BCUT2D eigenvalue weighted by molar-refractivity contribution is -0.140. The predicted molar refractivity (Wildman–Crippen MR) is 82.6 cm³/mol. The predicted octanol–water partition coefficient (Wildman–Crippen LogP) is 1.19. The number of fused-ring (bicyclic) bond motifs is 1. The molecule has 0 saturated carbocycles. The van der Waals surface area contributed by atoms with E-state index < -0.39 is 6.10 Å². The molecule has 21 heavy (non-hydrogen) atoms. The van der Waals surface area contributed by atoms with Gasteiger partial charge < -0.3 is 15.0 Å². The number of rotatable bonds is 3. The number of amides is 1. The molecule has 1 unspecified atom stereocenters. The van der Waals surface area contributed by atoms with E-state index in [1.807, 2.05) is 35.2 Å². The highest BCUT2D eigenvalue weighted by Crippen LogP contribution is 2.28. The summed E-state index contributed by atoms with van der Waals surface area (Å²) in [5.74, 6) is 0.836. The van der Waals surface area contributed by atoms with Crippen molar-refractivity contribution < 1.29 is 9.53 Å². The average Bonchev–Trinajstić information content (AvgIpc) is 2.55. The molecule has 0 aromatic heterocycles. The smallest absolute Gasteiger partial charge is 0.265 e. The van der Waals surface area contributed by atoms with Gasteiger partial charge in [-0.1, -0.05) is 18.2 Å². The first-order valence-corrected chi connectivity index (χ1v) is 7.39. The lowest BCUT2D eigenvalue weighted by Gasteiger charge is -2.37. The van der Waals surface area contributed by atoms with Gasteiger partial charge in [0.05, 0.1) is 12.2 Å². The minimum atomic E-state index is -0.425. The molecule has 0 bridgehead atoms. The molecule has 1 amide bonds. The fraction of sp³-hybridized carbons (Fsp3) is 0.438. The van der Waals surface area contributed by atoms with Gasteiger partial charge in [-0.25, -0.2) is 0 Å². The van der Waals surface area contributed by atoms with Gasteiger partial charge in [-0.15, -0.1) is 6.58 Å². The van der Waals surface area contributed by atoms with Crippen molar-refractivity contribution in [3.8, 4) is 5.75 Å². The van der Waals surface area contributed by atoms with Gasteiger partial charge in [-0.05, 0) is 12.1 Å². The molecule has 3 rings (SSSR count). The number of benzene rings is 1. The van der Waals surface area contributed by atoms with E-state index in [4.69, 9.17) is 4.74 Å². The Morgan fingerprint density at radius 3 is 2.86 bits per heavy atom. The molecule has 0 radical (unpaired) electrons. The van der Waals surface area contributed by atoms with Crippen molar-refractivity contribution in [2.24, 2.45) is 0 Å². The topological polar surface area (TPSA) is 44.8 Å². The quantitative estimate of drug-likeness (QED) is 0.848. The van der Waals surface area contributed by atoms with Crippen LogP contribution < -0.4 is 10.1 Å². The third-order valence-electron chi connectivity index (χ3n) is 3.98. The first-order valence-electron chi connectivity index (χ1n) is 7.39. The average molecular weight is 287 g/mol. The highest BCUT2D eigenvalue weighted by molar-refractivity contribution is 5.83. The van der Waals surface area contributed by atoms with Gasteiger partial charge in [0.15, 0.2) is 6.10 Å². The Kier molecular flexibility index (Phi) is 4.10. The Balaban J connectivity index is 1.59. The Bertz CT molecular complexity index is 524. The summed E-state index contributed by atoms with van der Waals surface area (Å²) >= 11 is 0. The number of piperazine rings is 1. The lowest BCUT2D eigenvalue weighted by atomic mass is 10.2. The molecule has 1 saturated heterocycles. The van der Waals surface area contributed by atoms with Gasteiger partial charge in [0.1, 0.15) is 5.75 Å². The zero-order valence-corrected chi connectivity index (χ0v) is 12.1. The second-order valence-corrected chi connectivity index (χ2v) is 5.40. The van der Waals surface area contributed by atoms with Crippen LogP contribution in [0.4, 0.5) is 5.69 Å². The summed E-state index contributed by atoms with van der Waals surface area (Å²) in [6.45, 7) is 8.48. The van der Waals surface area contributed by atoms with E-state index in [-0.39, 0.29) is 5.91 Å². The maximum Gasteiger partial charge on any atom is 0.265 e. The molecule has 5 nitrogen and oxygen atoms in total. The number of para-hydroxylation sites is 2. The second-order valence-electron chi connectivity index (χ2n) is 5.40. The maximum atomic E-state index is 12.5. The standard InChI is InChI=1S/C16H21N3O2/c1-2-7-18-8-10-19(11-9-18)16(20)15-12-17-13-5-3-4-6-14(13)21-15/h2-6,15,17H,1,7-12H2. The fourth-order valence-corrected chi connectivity index (χ4v) is 2.79. The molecule has 2 aliphatic rings. The lowest BCUT2D eigenvalue weighted by Crippen LogP contribution is -2.54. The van der Waals surface area contributed by atoms with Crippen molar-refractivity contribution in [1.82, 2.24) is 9.80 Å². The third-order valence-corrected chi connectivity index (χ3v) is 3.98. The van der Waals surface area contributed by atoms with Crippen LogP contribution in [0.2, 0.25) is 0 Å². The van der Waals surface area contributed by atoms with Crippen LogP contribution in [-0.4, -0.2) is 61.1 Å². The van der Waals surface area contributed by atoms with Gasteiger partial charge in [-0.2, -0.15) is 0 Å². The Labute approximate surface area is 125 Å². The summed E-state index contributed by atoms with van der Waals surface area (Å²) < 4.78 is 5.84. The minimum absolute atomic E-state index is 0.0789. The van der Waals surface area contributed by atoms with Crippen molar-refractivity contribution >= 4 is 11.6 Å². The number of nitrogens with one attached hydrogen (secondary N) is 1. The molecule has 1 fully saturated rings. The first kappa shape index (κ1) is 13.9. The molecule has 1 N–H and O–H groups in total. The summed E-state index contributed by atoms with van der Waals surface area (Å²) in [6, 6.07) is 7.73. The Hall–Kier alpha value is -2.01. The van der Waals surface area contributed by atoms with E-state index >= 15 is 0 Å². The van der Waals surface area contributed by atoms with Crippen LogP contribution in [0.1, 0.15) is 0 Å². The van der Waals surface area contributed by atoms with Crippen LogP contribution in [0.3, 0.4) is 0 Å². The molecule has 2 heterocycles. The molecule has 0 spiro atoms. The summed E-state index contributed by atoms with van der Waals surface area (Å²) in [7, 11) is 0. The monoisotopic (exact) mass is 287 g/mol. The van der Waals surface area contributed by atoms with Crippen molar-refractivity contribution in [1.29, 1.82) is 0 Å².